The molecule has 3 N–H and O–H groups in total. The number of carbonyl (C=O) groups excluding carboxylic acids is 1. The van der Waals surface area contributed by atoms with Crippen LogP contribution in [-0.2, 0) is 0 Å². The molecule has 1 amide bonds. The molecule has 0 fully saturated rings. The Morgan fingerprint density at radius 2 is 2.28 bits per heavy atom. The minimum atomic E-state index is -0.364. The molecule has 1 aromatic carbocycles. The summed E-state index contributed by atoms with van der Waals surface area (Å²) in [7, 11) is 0. The first-order valence-electron chi connectivity index (χ1n) is 6.46. The van der Waals surface area contributed by atoms with Gasteiger partial charge in [0.25, 0.3) is 0 Å². The molecular formula is C15H20N2O. The average Bonchev–Trinajstić information content (AvgIpc) is 2.38. The van der Waals surface area contributed by atoms with Gasteiger partial charge >= 0.3 is 0 Å². The highest BCUT2D eigenvalue weighted by atomic mass is 16.1. The van der Waals surface area contributed by atoms with Gasteiger partial charge in [0, 0.05) is 17.8 Å². The smallest absolute Gasteiger partial charge is 0.249 e. The largest absolute Gasteiger partial charge is 0.385 e. The topological polar surface area (TPSA) is 55.1 Å². The van der Waals surface area contributed by atoms with E-state index in [2.05, 4.69) is 17.5 Å². The number of benzene rings is 1. The average molecular weight is 244 g/mol. The molecule has 96 valence electrons. The molecule has 0 saturated heterocycles. The fraction of sp³-hybridized carbons (Fsp3) is 0.400. The van der Waals surface area contributed by atoms with Crippen LogP contribution in [-0.4, -0.2) is 12.5 Å². The monoisotopic (exact) mass is 244 g/mol. The Bertz CT molecular complexity index is 466. The van der Waals surface area contributed by atoms with Gasteiger partial charge in [-0.3, -0.25) is 4.79 Å². The normalized spacial score (nSPS) is 18.6. The van der Waals surface area contributed by atoms with Gasteiger partial charge in [-0.05, 0) is 49.8 Å². The van der Waals surface area contributed by atoms with Gasteiger partial charge in [0.1, 0.15) is 0 Å². The Balaban J connectivity index is 2.03. The first-order valence-corrected chi connectivity index (χ1v) is 6.46. The minimum Gasteiger partial charge on any atom is -0.385 e. The summed E-state index contributed by atoms with van der Waals surface area (Å²) in [5.41, 5.74) is 7.90. The fourth-order valence-electron chi connectivity index (χ4n) is 2.39. The number of amides is 1. The maximum absolute atomic E-state index is 11.3. The second-order valence-electron chi connectivity index (χ2n) is 4.87. The lowest BCUT2D eigenvalue weighted by Gasteiger charge is -2.20. The molecule has 0 radical (unpaired) electrons. The lowest BCUT2D eigenvalue weighted by atomic mass is 9.94. The maximum Gasteiger partial charge on any atom is 0.249 e. The zero-order valence-corrected chi connectivity index (χ0v) is 10.8. The quantitative estimate of drug-likeness (QED) is 0.800. The van der Waals surface area contributed by atoms with E-state index in [0.29, 0.717) is 11.5 Å². The molecule has 1 unspecified atom stereocenters. The summed E-state index contributed by atoms with van der Waals surface area (Å²) in [6.07, 6.45) is 8.05. The van der Waals surface area contributed by atoms with E-state index in [-0.39, 0.29) is 5.91 Å². The van der Waals surface area contributed by atoms with Crippen molar-refractivity contribution in [2.75, 3.05) is 11.9 Å². The standard InChI is InChI=1S/C15H20N2O/c1-11-13(15(16)18)8-5-9-14(11)17-10-12-6-3-2-4-7-12/h2-3,5,8-9,12,17H,4,6-7,10H2,1H3,(H2,16,18). The molecule has 0 aliphatic heterocycles. The van der Waals surface area contributed by atoms with Crippen molar-refractivity contribution in [3.8, 4) is 0 Å². The summed E-state index contributed by atoms with van der Waals surface area (Å²) in [5, 5.41) is 3.44. The summed E-state index contributed by atoms with van der Waals surface area (Å²) in [6, 6.07) is 5.64. The third-order valence-corrected chi connectivity index (χ3v) is 3.56. The van der Waals surface area contributed by atoms with Crippen LogP contribution in [0.3, 0.4) is 0 Å². The molecule has 2 rings (SSSR count). The van der Waals surface area contributed by atoms with Gasteiger partial charge in [-0.15, -0.1) is 0 Å². The van der Waals surface area contributed by atoms with E-state index in [9.17, 15) is 4.79 Å². The van der Waals surface area contributed by atoms with Crippen LogP contribution in [0.5, 0.6) is 0 Å². The second-order valence-corrected chi connectivity index (χ2v) is 4.87. The van der Waals surface area contributed by atoms with Crippen molar-refractivity contribution in [2.45, 2.75) is 26.2 Å². The van der Waals surface area contributed by atoms with Crippen molar-refractivity contribution in [3.63, 3.8) is 0 Å². The van der Waals surface area contributed by atoms with E-state index < -0.39 is 0 Å². The molecule has 3 heteroatoms. The SMILES string of the molecule is Cc1c(NCC2CC=CCC2)cccc1C(N)=O. The molecule has 0 heterocycles. The van der Waals surface area contributed by atoms with Gasteiger partial charge in [-0.1, -0.05) is 18.2 Å². The maximum atomic E-state index is 11.3. The van der Waals surface area contributed by atoms with Gasteiger partial charge in [-0.25, -0.2) is 0 Å². The molecule has 3 nitrogen and oxygen atoms in total. The van der Waals surface area contributed by atoms with Crippen LogP contribution in [0, 0.1) is 12.8 Å². The lowest BCUT2D eigenvalue weighted by molar-refractivity contribution is 0.1000. The van der Waals surface area contributed by atoms with Crippen LogP contribution >= 0.6 is 0 Å². The number of rotatable bonds is 4. The van der Waals surface area contributed by atoms with Crippen LogP contribution in [0.25, 0.3) is 0 Å². The number of primary amides is 1. The third kappa shape index (κ3) is 2.92. The van der Waals surface area contributed by atoms with Crippen molar-refractivity contribution in [2.24, 2.45) is 11.7 Å². The van der Waals surface area contributed by atoms with Crippen LogP contribution in [0.1, 0.15) is 35.2 Å². The van der Waals surface area contributed by atoms with E-state index in [1.807, 2.05) is 19.1 Å². The van der Waals surface area contributed by atoms with Crippen LogP contribution in [0.15, 0.2) is 30.4 Å². The zero-order chi connectivity index (χ0) is 13.0. The highest BCUT2D eigenvalue weighted by molar-refractivity contribution is 5.95. The highest BCUT2D eigenvalue weighted by Gasteiger charge is 2.12. The number of nitrogens with two attached hydrogens (primary N) is 1. The van der Waals surface area contributed by atoms with E-state index in [0.717, 1.165) is 24.2 Å². The second kappa shape index (κ2) is 5.71. The van der Waals surface area contributed by atoms with E-state index >= 15 is 0 Å². The van der Waals surface area contributed by atoms with Gasteiger partial charge in [0.2, 0.25) is 5.91 Å². The van der Waals surface area contributed by atoms with Gasteiger partial charge in [0.15, 0.2) is 0 Å². The van der Waals surface area contributed by atoms with Gasteiger partial charge in [-0.2, -0.15) is 0 Å². The van der Waals surface area contributed by atoms with Crippen LogP contribution in [0.2, 0.25) is 0 Å². The van der Waals surface area contributed by atoms with E-state index in [4.69, 9.17) is 5.73 Å². The first-order chi connectivity index (χ1) is 8.68. The minimum absolute atomic E-state index is 0.364. The summed E-state index contributed by atoms with van der Waals surface area (Å²) >= 11 is 0. The van der Waals surface area contributed by atoms with Crippen molar-refractivity contribution >= 4 is 11.6 Å². The zero-order valence-electron chi connectivity index (χ0n) is 10.8. The predicted octanol–water partition coefficient (Wildman–Crippen LogP) is 2.86. The van der Waals surface area contributed by atoms with Crippen molar-refractivity contribution < 1.29 is 4.79 Å². The molecular weight excluding hydrogens is 224 g/mol. The first kappa shape index (κ1) is 12.7. The predicted molar refractivity (Wildman–Crippen MR) is 74.7 cm³/mol. The lowest BCUT2D eigenvalue weighted by Crippen LogP contribution is -2.17. The number of allylic oxidation sites excluding steroid dienone is 2. The van der Waals surface area contributed by atoms with E-state index in [1.54, 1.807) is 6.07 Å². The Hall–Kier alpha value is -1.77. The molecule has 18 heavy (non-hydrogen) atoms. The summed E-state index contributed by atoms with van der Waals surface area (Å²) in [6.45, 7) is 2.89. The number of carbonyl (C=O) groups is 1. The van der Waals surface area contributed by atoms with Crippen molar-refractivity contribution in [1.82, 2.24) is 0 Å². The Labute approximate surface area is 108 Å². The molecule has 0 bridgehead atoms. The highest BCUT2D eigenvalue weighted by Crippen LogP contribution is 2.22. The molecule has 1 atom stereocenters. The van der Waals surface area contributed by atoms with E-state index in [1.165, 1.54) is 12.8 Å². The number of hydrogen-bond acceptors (Lipinski definition) is 2. The van der Waals surface area contributed by atoms with Crippen LogP contribution < -0.4 is 11.1 Å². The molecule has 1 aliphatic rings. The Kier molecular flexibility index (Phi) is 4.03. The van der Waals surface area contributed by atoms with Gasteiger partial charge in [0.05, 0.1) is 0 Å². The molecule has 0 aromatic heterocycles. The van der Waals surface area contributed by atoms with Gasteiger partial charge < -0.3 is 11.1 Å². The summed E-state index contributed by atoms with van der Waals surface area (Å²) in [5.74, 6) is 0.323. The number of hydrogen-bond donors (Lipinski definition) is 2. The molecule has 0 saturated carbocycles. The summed E-state index contributed by atoms with van der Waals surface area (Å²) < 4.78 is 0. The third-order valence-electron chi connectivity index (χ3n) is 3.56. The number of anilines is 1. The van der Waals surface area contributed by atoms with Crippen molar-refractivity contribution in [3.05, 3.63) is 41.5 Å². The number of nitrogens with one attached hydrogen (secondary N) is 1. The summed E-state index contributed by atoms with van der Waals surface area (Å²) in [4.78, 5) is 11.3. The molecule has 1 aromatic rings. The fourth-order valence-corrected chi connectivity index (χ4v) is 2.39. The molecule has 0 spiro atoms. The van der Waals surface area contributed by atoms with Crippen LogP contribution in [0.4, 0.5) is 5.69 Å². The molecule has 1 aliphatic carbocycles. The Morgan fingerprint density at radius 3 is 2.94 bits per heavy atom. The van der Waals surface area contributed by atoms with Crippen molar-refractivity contribution in [1.29, 1.82) is 0 Å². The Morgan fingerprint density at radius 1 is 1.44 bits per heavy atom.